The summed E-state index contributed by atoms with van der Waals surface area (Å²) in [5, 5.41) is 24.2. The van der Waals surface area contributed by atoms with E-state index in [1.165, 1.54) is 14.2 Å². The molecule has 0 spiro atoms. The number of aliphatic imine (C=N–C) groups is 1. The molecule has 0 saturated carbocycles. The molecule has 562 valence electrons. The van der Waals surface area contributed by atoms with Gasteiger partial charge in [-0.05, 0) is 156 Å². The van der Waals surface area contributed by atoms with E-state index in [4.69, 9.17) is 70.3 Å². The zero-order valence-electron chi connectivity index (χ0n) is 62.4. The lowest BCUT2D eigenvalue weighted by atomic mass is 9.90. The van der Waals surface area contributed by atoms with Gasteiger partial charge < -0.3 is 45.4 Å². The summed E-state index contributed by atoms with van der Waals surface area (Å²) in [7, 11) is 7.38. The zero-order valence-corrected chi connectivity index (χ0v) is 64.6. The van der Waals surface area contributed by atoms with E-state index in [0.29, 0.717) is 79.4 Å². The molecule has 1 aliphatic heterocycles. The molecule has 6 aromatic rings. The van der Waals surface area contributed by atoms with Crippen molar-refractivity contribution in [3.63, 3.8) is 0 Å². The molecule has 0 fully saturated rings. The monoisotopic (exact) mass is 1500 g/mol. The van der Waals surface area contributed by atoms with Crippen molar-refractivity contribution in [2.24, 2.45) is 40.3 Å². The molecule has 105 heavy (non-hydrogen) atoms. The highest BCUT2D eigenvalue weighted by Crippen LogP contribution is 2.32. The van der Waals surface area contributed by atoms with Gasteiger partial charge in [-0.3, -0.25) is 59.0 Å². The van der Waals surface area contributed by atoms with Gasteiger partial charge in [-0.2, -0.15) is 0 Å². The number of halogens is 3. The van der Waals surface area contributed by atoms with Crippen molar-refractivity contribution in [1.29, 1.82) is 10.8 Å². The number of benzene rings is 6. The minimum absolute atomic E-state index is 0.0173. The van der Waals surface area contributed by atoms with Gasteiger partial charge in [-0.15, -0.1) is 0 Å². The third kappa shape index (κ3) is 29.3. The summed E-state index contributed by atoms with van der Waals surface area (Å²) in [6.45, 7) is 18.9. The molecule has 1 aliphatic rings. The van der Waals surface area contributed by atoms with Crippen LogP contribution in [0.25, 0.3) is 0 Å². The van der Waals surface area contributed by atoms with Gasteiger partial charge in [-0.1, -0.05) is 123 Å². The molecule has 0 bridgehead atoms. The SMILES string of the molecule is CNC(=O)[C@@H](CC(=O)c1ccc(OC(C)C)c(Cl)c1)Cc1ccc(C(=N)N)cc1.CNC(=O)[C@@H](CC(=O)c1ccc(OC(C)C)c(Cl)c1)Cc1ccc(C(=N)OC)cc1.CNC(=O)[C@@H](CC(=O)c1ccc(OC(C)C)c(Cl)c1)Cc1ccc(C2=NC(C(C)C)=CC(=O)C2)cc1.COC(=O)CC(=O)C(C)C. The van der Waals surface area contributed by atoms with Gasteiger partial charge in [0.15, 0.2) is 23.1 Å². The van der Waals surface area contributed by atoms with Crippen LogP contribution in [0.4, 0.5) is 0 Å². The Hall–Kier alpha value is -9.83. The molecule has 0 aliphatic carbocycles. The van der Waals surface area contributed by atoms with Gasteiger partial charge in [0, 0.05) is 104 Å². The van der Waals surface area contributed by atoms with E-state index in [1.54, 1.807) is 120 Å². The number of methoxy groups -OCH3 is 2. The molecule has 0 unspecified atom stereocenters. The number of hydrogen-bond acceptors (Lipinski definition) is 17. The van der Waals surface area contributed by atoms with Gasteiger partial charge in [-0.25, -0.2) is 0 Å². The van der Waals surface area contributed by atoms with Crippen LogP contribution in [0.15, 0.2) is 144 Å². The number of nitrogen functional groups attached to an aromatic ring is 1. The lowest BCUT2D eigenvalue weighted by molar-refractivity contribution is -0.144. The third-order valence-electron chi connectivity index (χ3n) is 16.1. The fraction of sp³-hybridized carbons (Fsp3) is 0.383. The first-order valence-electron chi connectivity index (χ1n) is 34.4. The van der Waals surface area contributed by atoms with Crippen LogP contribution >= 0.6 is 34.8 Å². The maximum atomic E-state index is 13.0. The molecule has 7 N–H and O–H groups in total. The number of nitrogens with zero attached hydrogens (tertiary/aromatic N) is 1. The molecular weight excluding hydrogens is 1400 g/mol. The van der Waals surface area contributed by atoms with Crippen molar-refractivity contribution in [1.82, 2.24) is 16.0 Å². The number of nitrogens with two attached hydrogens (primary N) is 1. The van der Waals surface area contributed by atoms with E-state index in [-0.39, 0.29) is 121 Å². The predicted octanol–water partition coefficient (Wildman–Crippen LogP) is 14.2. The molecule has 1 heterocycles. The number of nitrogens with one attached hydrogen (secondary N) is 5. The van der Waals surface area contributed by atoms with Crippen LogP contribution in [0, 0.1) is 40.4 Å². The second kappa shape index (κ2) is 43.4. The predicted molar refractivity (Wildman–Crippen MR) is 412 cm³/mol. The van der Waals surface area contributed by atoms with Crippen molar-refractivity contribution < 1.29 is 66.8 Å². The standard InChI is InChI=1S/C29H33ClN2O4.C23H27ClN2O4.C22H26ClN3O3.C7H12O3/c1-17(2)25-15-23(33)16-26(32-25)20-8-6-19(7-9-20)12-22(29(35)31-5)14-27(34)21-10-11-28(24(30)13-21)36-18(3)4;1-14(2)30-21-10-9-17(12-19(21)24)20(27)13-18(23(28)26-3)11-15-5-7-16(8-6-15)22(25)29-4;1-13(2)29-20-9-8-16(11-18(20)23)19(27)12-17(22(28)26-3)10-14-4-6-15(7-5-14)21(24)25;1-5(2)6(8)4-7(9)10-3/h6-11,13,15,17-18,22H,12,14,16H2,1-5H3,(H,31,35);5-10,12,14,18,25H,11,13H2,1-4H3,(H,26,28);4-9,11,13,17H,10,12H2,1-3H3,(H3,24,25)(H,26,28);5H,4H2,1-3H3/t22-;18-;17-;/m111./s1. The number of carbonyl (C=O) groups excluding carboxylic acids is 9. The number of carbonyl (C=O) groups is 9. The van der Waals surface area contributed by atoms with E-state index in [9.17, 15) is 43.2 Å². The fourth-order valence-corrected chi connectivity index (χ4v) is 11.1. The first-order valence-corrected chi connectivity index (χ1v) is 35.5. The summed E-state index contributed by atoms with van der Waals surface area (Å²) in [5.41, 5.74) is 13.1. The number of ketones is 5. The minimum atomic E-state index is -0.539. The second-order valence-electron chi connectivity index (χ2n) is 26.2. The van der Waals surface area contributed by atoms with E-state index in [1.807, 2.05) is 104 Å². The average Bonchev–Trinajstić information content (AvgIpc) is 0.836. The molecule has 0 aromatic heterocycles. The van der Waals surface area contributed by atoms with Crippen LogP contribution in [0.3, 0.4) is 0 Å². The first-order chi connectivity index (χ1) is 49.6. The molecule has 0 radical (unpaired) electrons. The summed E-state index contributed by atoms with van der Waals surface area (Å²) in [6, 6.07) is 36.7. The molecular formula is C81H98Cl3N7O14. The van der Waals surface area contributed by atoms with Crippen molar-refractivity contribution >= 4 is 105 Å². The van der Waals surface area contributed by atoms with Crippen LogP contribution in [-0.4, -0.2) is 124 Å². The number of ether oxygens (including phenoxy) is 5. The minimum Gasteiger partial charge on any atom is -0.489 e. The quantitative estimate of drug-likeness (QED) is 0.00775. The first kappa shape index (κ1) is 87.6. The maximum absolute atomic E-state index is 13.0. The third-order valence-corrected chi connectivity index (χ3v) is 17.0. The molecule has 21 nitrogen and oxygen atoms in total. The molecule has 24 heteroatoms. The molecule has 3 amide bonds. The topological polar surface area (TPSA) is 322 Å². The summed E-state index contributed by atoms with van der Waals surface area (Å²) in [6.07, 6.45) is 3.04. The number of amidine groups is 1. The van der Waals surface area contributed by atoms with Crippen molar-refractivity contribution in [2.75, 3.05) is 35.4 Å². The van der Waals surface area contributed by atoms with Gasteiger partial charge in [0.05, 0.1) is 59.7 Å². The number of amides is 3. The number of Topliss-reactive ketones (excluding diaryl/α,β-unsaturated/α-hetero) is 4. The molecule has 0 saturated heterocycles. The van der Waals surface area contributed by atoms with Gasteiger partial charge in [0.1, 0.15) is 35.3 Å². The lowest BCUT2D eigenvalue weighted by Gasteiger charge is -2.17. The summed E-state index contributed by atoms with van der Waals surface area (Å²) in [5.74, 6) is -1.50. The Bertz CT molecular complexity index is 4090. The fourth-order valence-electron chi connectivity index (χ4n) is 10.4. The van der Waals surface area contributed by atoms with Crippen LogP contribution in [0.2, 0.25) is 15.1 Å². The van der Waals surface area contributed by atoms with Gasteiger partial charge in [0.25, 0.3) is 0 Å². The Morgan fingerprint density at radius 2 is 0.819 bits per heavy atom. The van der Waals surface area contributed by atoms with Crippen molar-refractivity contribution in [3.8, 4) is 17.2 Å². The highest BCUT2D eigenvalue weighted by molar-refractivity contribution is 6.33. The zero-order chi connectivity index (χ0) is 78.4. The van der Waals surface area contributed by atoms with Crippen LogP contribution < -0.4 is 35.9 Å². The summed E-state index contributed by atoms with van der Waals surface area (Å²) >= 11 is 18.8. The molecule has 7 rings (SSSR count). The number of esters is 1. The smallest absolute Gasteiger partial charge is 0.313 e. The van der Waals surface area contributed by atoms with E-state index < -0.39 is 23.7 Å². The Morgan fingerprint density at radius 1 is 0.486 bits per heavy atom. The van der Waals surface area contributed by atoms with Crippen LogP contribution in [0.5, 0.6) is 17.2 Å². The Morgan fingerprint density at radius 3 is 1.10 bits per heavy atom. The van der Waals surface area contributed by atoms with Crippen LogP contribution in [-0.2, 0) is 57.5 Å². The van der Waals surface area contributed by atoms with E-state index in [2.05, 4.69) is 25.7 Å². The average molecular weight is 1500 g/mol. The largest absolute Gasteiger partial charge is 0.489 e. The number of rotatable bonds is 31. The van der Waals surface area contributed by atoms with Crippen LogP contribution in [0.1, 0.15) is 166 Å². The Kier molecular flexibility index (Phi) is 36.2. The van der Waals surface area contributed by atoms with Gasteiger partial charge >= 0.3 is 5.97 Å². The normalized spacial score (nSPS) is 12.4. The van der Waals surface area contributed by atoms with E-state index in [0.717, 1.165) is 33.7 Å². The highest BCUT2D eigenvalue weighted by atomic mass is 35.5. The maximum Gasteiger partial charge on any atom is 0.313 e. The Balaban J connectivity index is 0.000000314. The molecule has 6 aromatic carbocycles. The Labute approximate surface area is 631 Å². The number of hydrogen-bond donors (Lipinski definition) is 6. The second-order valence-corrected chi connectivity index (χ2v) is 27.4. The van der Waals surface area contributed by atoms with E-state index >= 15 is 0 Å². The number of allylic oxidation sites excluding steroid dienone is 2. The highest BCUT2D eigenvalue weighted by Gasteiger charge is 2.27. The van der Waals surface area contributed by atoms with Gasteiger partial charge in [0.2, 0.25) is 23.6 Å². The van der Waals surface area contributed by atoms with Crippen molar-refractivity contribution in [2.45, 2.75) is 139 Å². The lowest BCUT2D eigenvalue weighted by Crippen LogP contribution is -2.30. The summed E-state index contributed by atoms with van der Waals surface area (Å²) in [4.78, 5) is 114. The van der Waals surface area contributed by atoms with Crippen molar-refractivity contribution in [3.05, 3.63) is 204 Å². The summed E-state index contributed by atoms with van der Waals surface area (Å²) < 4.78 is 26.0. The molecule has 3 atom stereocenters.